The Labute approximate surface area is 163 Å². The van der Waals surface area contributed by atoms with E-state index < -0.39 is 11.8 Å². The van der Waals surface area contributed by atoms with E-state index in [0.717, 1.165) is 32.0 Å². The number of nitrogens with one attached hydrogen (secondary N) is 2. The van der Waals surface area contributed by atoms with E-state index in [1.165, 1.54) is 17.9 Å². The fourth-order valence-corrected chi connectivity index (χ4v) is 5.07. The van der Waals surface area contributed by atoms with Crippen LogP contribution in [0.4, 0.5) is 5.69 Å². The van der Waals surface area contributed by atoms with Crippen molar-refractivity contribution in [1.82, 2.24) is 10.2 Å². The molecule has 0 spiro atoms. The molecule has 8 heteroatoms. The van der Waals surface area contributed by atoms with Gasteiger partial charge in [-0.1, -0.05) is 0 Å². The molecule has 3 aliphatic rings. The molecule has 0 radical (unpaired) electrons. The number of anilines is 1. The van der Waals surface area contributed by atoms with Gasteiger partial charge in [-0.3, -0.25) is 14.5 Å². The first kappa shape index (κ1) is 18.4. The Bertz CT molecular complexity index is 700. The zero-order chi connectivity index (χ0) is 18.6. The van der Waals surface area contributed by atoms with Crippen LogP contribution in [0.25, 0.3) is 0 Å². The fraction of sp³-hybridized carbons (Fsp3) is 0.579. The van der Waals surface area contributed by atoms with Crippen LogP contribution in [-0.4, -0.2) is 60.7 Å². The van der Waals surface area contributed by atoms with E-state index in [-0.39, 0.29) is 6.79 Å². The maximum Gasteiger partial charge on any atom is 0.313 e. The number of fused-ring (bicyclic) bond motifs is 1. The van der Waals surface area contributed by atoms with E-state index in [0.29, 0.717) is 29.6 Å². The van der Waals surface area contributed by atoms with Gasteiger partial charge in [-0.05, 0) is 56.2 Å². The highest BCUT2D eigenvalue weighted by Crippen LogP contribution is 2.34. The lowest BCUT2D eigenvalue weighted by molar-refractivity contribution is -0.136. The van der Waals surface area contributed by atoms with Crippen molar-refractivity contribution in [3.63, 3.8) is 0 Å². The molecule has 1 atom stereocenters. The van der Waals surface area contributed by atoms with Gasteiger partial charge in [-0.2, -0.15) is 11.8 Å². The average molecular weight is 391 g/mol. The molecule has 0 bridgehead atoms. The van der Waals surface area contributed by atoms with Crippen molar-refractivity contribution in [2.45, 2.75) is 25.3 Å². The highest BCUT2D eigenvalue weighted by Gasteiger charge is 2.28. The number of ether oxygens (including phenoxy) is 2. The van der Waals surface area contributed by atoms with Gasteiger partial charge in [0.1, 0.15) is 0 Å². The lowest BCUT2D eigenvalue weighted by atomic mass is 9.95. The van der Waals surface area contributed by atoms with Gasteiger partial charge in [0.05, 0.1) is 0 Å². The number of rotatable bonds is 4. The molecule has 146 valence electrons. The second-order valence-corrected chi connectivity index (χ2v) is 8.38. The lowest BCUT2D eigenvalue weighted by Gasteiger charge is -2.35. The van der Waals surface area contributed by atoms with Crippen LogP contribution in [-0.2, 0) is 9.59 Å². The van der Waals surface area contributed by atoms with Gasteiger partial charge in [0.2, 0.25) is 6.79 Å². The van der Waals surface area contributed by atoms with Gasteiger partial charge < -0.3 is 20.1 Å². The standard InChI is InChI=1S/C19H25N3O4S/c23-18(19(24)21-14-1-2-16-17(9-14)26-12-25-16)20-10-13-3-6-22(7-4-13)15-5-8-27-11-15/h1-2,9,13,15H,3-8,10-12H2,(H,20,23)(H,21,24)/t15-/m1/s1. The predicted molar refractivity (Wildman–Crippen MR) is 104 cm³/mol. The number of thioether (sulfide) groups is 1. The fourth-order valence-electron chi connectivity index (χ4n) is 3.81. The van der Waals surface area contributed by atoms with E-state index in [2.05, 4.69) is 15.5 Å². The summed E-state index contributed by atoms with van der Waals surface area (Å²) in [6.07, 6.45) is 3.45. The van der Waals surface area contributed by atoms with Crippen LogP contribution in [0.3, 0.4) is 0 Å². The third-order valence-corrected chi connectivity index (χ3v) is 6.60. The largest absolute Gasteiger partial charge is 0.454 e. The molecule has 4 rings (SSSR count). The van der Waals surface area contributed by atoms with Crippen LogP contribution in [0.5, 0.6) is 11.5 Å². The monoisotopic (exact) mass is 391 g/mol. The van der Waals surface area contributed by atoms with Crippen LogP contribution in [0, 0.1) is 5.92 Å². The molecule has 0 saturated carbocycles. The highest BCUT2D eigenvalue weighted by molar-refractivity contribution is 7.99. The molecule has 2 amide bonds. The zero-order valence-corrected chi connectivity index (χ0v) is 16.1. The molecule has 7 nitrogen and oxygen atoms in total. The van der Waals surface area contributed by atoms with Crippen LogP contribution < -0.4 is 20.1 Å². The number of benzene rings is 1. The summed E-state index contributed by atoms with van der Waals surface area (Å²) >= 11 is 2.04. The molecule has 27 heavy (non-hydrogen) atoms. The Morgan fingerprint density at radius 3 is 2.70 bits per heavy atom. The van der Waals surface area contributed by atoms with Gasteiger partial charge in [-0.25, -0.2) is 0 Å². The normalized spacial score (nSPS) is 22.6. The topological polar surface area (TPSA) is 79.9 Å². The quantitative estimate of drug-likeness (QED) is 0.761. The number of carbonyl (C=O) groups is 2. The van der Waals surface area contributed by atoms with E-state index in [1.54, 1.807) is 18.2 Å². The molecule has 2 fully saturated rings. The number of amides is 2. The summed E-state index contributed by atoms with van der Waals surface area (Å²) in [7, 11) is 0. The molecule has 2 saturated heterocycles. The molecule has 1 aromatic carbocycles. The summed E-state index contributed by atoms with van der Waals surface area (Å²) in [6.45, 7) is 2.91. The molecular weight excluding hydrogens is 366 g/mol. The summed E-state index contributed by atoms with van der Waals surface area (Å²) in [5.41, 5.74) is 0.516. The van der Waals surface area contributed by atoms with Gasteiger partial charge in [0.15, 0.2) is 11.5 Å². The van der Waals surface area contributed by atoms with Crippen molar-refractivity contribution >= 4 is 29.3 Å². The van der Waals surface area contributed by atoms with Gasteiger partial charge in [0, 0.05) is 30.1 Å². The van der Waals surface area contributed by atoms with E-state index in [4.69, 9.17) is 9.47 Å². The maximum atomic E-state index is 12.1. The third kappa shape index (κ3) is 4.50. The number of piperidine rings is 1. The molecule has 0 unspecified atom stereocenters. The van der Waals surface area contributed by atoms with Crippen molar-refractivity contribution in [3.05, 3.63) is 18.2 Å². The van der Waals surface area contributed by atoms with Crippen LogP contribution >= 0.6 is 11.8 Å². The Morgan fingerprint density at radius 1 is 1.11 bits per heavy atom. The minimum absolute atomic E-state index is 0.172. The van der Waals surface area contributed by atoms with Gasteiger partial charge in [-0.15, -0.1) is 0 Å². The van der Waals surface area contributed by atoms with E-state index >= 15 is 0 Å². The maximum absolute atomic E-state index is 12.1. The minimum Gasteiger partial charge on any atom is -0.454 e. The summed E-state index contributed by atoms with van der Waals surface area (Å²) in [5.74, 6) is 2.93. The predicted octanol–water partition coefficient (Wildman–Crippen LogP) is 1.69. The summed E-state index contributed by atoms with van der Waals surface area (Å²) < 4.78 is 10.5. The molecule has 3 heterocycles. The average Bonchev–Trinajstić information content (AvgIpc) is 3.38. The van der Waals surface area contributed by atoms with Crippen molar-refractivity contribution in [2.24, 2.45) is 5.92 Å². The van der Waals surface area contributed by atoms with Gasteiger partial charge >= 0.3 is 11.8 Å². The Hall–Kier alpha value is -1.93. The smallest absolute Gasteiger partial charge is 0.313 e. The number of likely N-dealkylation sites (tertiary alicyclic amines) is 1. The number of carbonyl (C=O) groups excluding carboxylic acids is 2. The number of hydrogen-bond acceptors (Lipinski definition) is 6. The number of nitrogens with zero attached hydrogens (tertiary/aromatic N) is 1. The Balaban J connectivity index is 1.19. The molecule has 0 aromatic heterocycles. The first-order chi connectivity index (χ1) is 13.2. The van der Waals surface area contributed by atoms with E-state index in [1.807, 2.05) is 11.8 Å². The number of hydrogen-bond donors (Lipinski definition) is 2. The Morgan fingerprint density at radius 2 is 1.93 bits per heavy atom. The second kappa shape index (κ2) is 8.39. The highest BCUT2D eigenvalue weighted by atomic mass is 32.2. The van der Waals surface area contributed by atoms with Crippen molar-refractivity contribution in [3.8, 4) is 11.5 Å². The van der Waals surface area contributed by atoms with E-state index in [9.17, 15) is 9.59 Å². The molecule has 3 aliphatic heterocycles. The first-order valence-corrected chi connectivity index (χ1v) is 10.6. The van der Waals surface area contributed by atoms with Crippen molar-refractivity contribution in [2.75, 3.05) is 43.2 Å². The van der Waals surface area contributed by atoms with Crippen molar-refractivity contribution in [1.29, 1.82) is 0 Å². The minimum atomic E-state index is -0.658. The Kier molecular flexibility index (Phi) is 5.73. The summed E-state index contributed by atoms with van der Waals surface area (Å²) in [6, 6.07) is 5.80. The SMILES string of the molecule is O=C(NCC1CCN([C@@H]2CCSC2)CC1)C(=O)Nc1ccc2c(c1)OCO2. The summed E-state index contributed by atoms with van der Waals surface area (Å²) in [5, 5.41) is 5.39. The van der Waals surface area contributed by atoms with Crippen molar-refractivity contribution < 1.29 is 19.1 Å². The van der Waals surface area contributed by atoms with Crippen LogP contribution in [0.2, 0.25) is 0 Å². The molecule has 0 aliphatic carbocycles. The molecular formula is C19H25N3O4S. The second-order valence-electron chi connectivity index (χ2n) is 7.23. The molecule has 2 N–H and O–H groups in total. The zero-order valence-electron chi connectivity index (χ0n) is 15.2. The van der Waals surface area contributed by atoms with Crippen LogP contribution in [0.15, 0.2) is 18.2 Å². The van der Waals surface area contributed by atoms with Gasteiger partial charge in [0.25, 0.3) is 0 Å². The third-order valence-electron chi connectivity index (χ3n) is 5.46. The lowest BCUT2D eigenvalue weighted by Crippen LogP contribution is -2.45. The summed E-state index contributed by atoms with van der Waals surface area (Å²) in [4.78, 5) is 26.8. The molecule has 1 aromatic rings. The van der Waals surface area contributed by atoms with Crippen LogP contribution in [0.1, 0.15) is 19.3 Å². The first-order valence-electron chi connectivity index (χ1n) is 9.49.